The Balaban J connectivity index is 1.44. The number of ether oxygens (including phenoxy) is 1. The molecule has 2 saturated carbocycles. The normalized spacial score (nSPS) is 24.1. The molecule has 2 aliphatic rings. The van der Waals surface area contributed by atoms with E-state index in [4.69, 9.17) is 4.74 Å². The molecule has 0 radical (unpaired) electrons. The minimum atomic E-state index is -1.02. The maximum Gasteiger partial charge on any atom is 0.274 e. The van der Waals surface area contributed by atoms with Crippen LogP contribution in [0.1, 0.15) is 42.1 Å². The Kier molecular flexibility index (Phi) is 5.49. The second-order valence-corrected chi connectivity index (χ2v) is 8.49. The van der Waals surface area contributed by atoms with Gasteiger partial charge in [0.15, 0.2) is 5.65 Å². The molecule has 174 valence electrons. The number of pyridine rings is 1. The van der Waals surface area contributed by atoms with Crippen LogP contribution < -0.4 is 21.5 Å². The minimum Gasteiger partial charge on any atom is -0.381 e. The van der Waals surface area contributed by atoms with E-state index in [1.54, 1.807) is 37.1 Å². The van der Waals surface area contributed by atoms with Gasteiger partial charge in [-0.2, -0.15) is 9.61 Å². The number of alkyl halides is 1. The zero-order valence-electron chi connectivity index (χ0n) is 18.4. The fourth-order valence-electron chi connectivity index (χ4n) is 4.22. The van der Waals surface area contributed by atoms with Gasteiger partial charge in [-0.1, -0.05) is 0 Å². The Morgan fingerprint density at radius 3 is 2.79 bits per heavy atom. The van der Waals surface area contributed by atoms with Gasteiger partial charge in [0.2, 0.25) is 0 Å². The number of methoxy groups -OCH3 is 1. The van der Waals surface area contributed by atoms with E-state index in [1.165, 1.54) is 10.7 Å². The van der Waals surface area contributed by atoms with Gasteiger partial charge in [0.1, 0.15) is 29.1 Å². The van der Waals surface area contributed by atoms with Gasteiger partial charge >= 0.3 is 0 Å². The summed E-state index contributed by atoms with van der Waals surface area (Å²) < 4.78 is 22.1. The lowest BCUT2D eigenvalue weighted by atomic mass is 9.89. The summed E-state index contributed by atoms with van der Waals surface area (Å²) in [7, 11) is 3.40. The van der Waals surface area contributed by atoms with Gasteiger partial charge in [0, 0.05) is 32.5 Å². The van der Waals surface area contributed by atoms with Crippen molar-refractivity contribution >= 4 is 28.9 Å². The molecule has 3 heterocycles. The summed E-state index contributed by atoms with van der Waals surface area (Å²) in [4.78, 5) is 30.3. The van der Waals surface area contributed by atoms with Crippen molar-refractivity contribution in [3.05, 3.63) is 46.5 Å². The molecule has 11 heteroatoms. The molecule has 0 spiro atoms. The van der Waals surface area contributed by atoms with Crippen molar-refractivity contribution in [2.45, 2.75) is 50.0 Å². The van der Waals surface area contributed by atoms with Crippen molar-refractivity contribution in [3.8, 4) is 0 Å². The summed E-state index contributed by atoms with van der Waals surface area (Å²) in [5.41, 5.74) is 0.752. The molecule has 0 aliphatic heterocycles. The van der Waals surface area contributed by atoms with Crippen LogP contribution in [0, 0.1) is 0 Å². The number of carbonyl (C=O) groups is 1. The van der Waals surface area contributed by atoms with Crippen molar-refractivity contribution < 1.29 is 13.9 Å². The van der Waals surface area contributed by atoms with Gasteiger partial charge in [-0.15, -0.1) is 0 Å². The number of amides is 1. The maximum atomic E-state index is 13.6. The first-order valence-corrected chi connectivity index (χ1v) is 11.0. The molecule has 2 atom stereocenters. The number of nitrogens with one attached hydrogen (secondary N) is 3. The van der Waals surface area contributed by atoms with E-state index in [0.29, 0.717) is 35.8 Å². The van der Waals surface area contributed by atoms with Crippen LogP contribution in [0.15, 0.2) is 35.4 Å². The average molecular weight is 455 g/mol. The summed E-state index contributed by atoms with van der Waals surface area (Å²) >= 11 is 0. The Hall–Kier alpha value is -3.47. The zero-order chi connectivity index (χ0) is 23.1. The molecule has 10 nitrogen and oxygen atoms in total. The van der Waals surface area contributed by atoms with Crippen LogP contribution in [0.4, 0.5) is 21.7 Å². The quantitative estimate of drug-likeness (QED) is 0.501. The highest BCUT2D eigenvalue weighted by molar-refractivity contribution is 6.00. The molecule has 2 fully saturated rings. The molecule has 0 aromatic carbocycles. The number of hydrogen-bond acceptors (Lipinski definition) is 7. The lowest BCUT2D eigenvalue weighted by Gasteiger charge is -2.35. The molecule has 2 aliphatic carbocycles. The predicted molar refractivity (Wildman–Crippen MR) is 121 cm³/mol. The third-order valence-corrected chi connectivity index (χ3v) is 6.51. The first-order valence-electron chi connectivity index (χ1n) is 11.0. The third-order valence-electron chi connectivity index (χ3n) is 6.51. The molecule has 33 heavy (non-hydrogen) atoms. The molecule has 3 aromatic rings. The lowest BCUT2D eigenvalue weighted by molar-refractivity contribution is 0.00522. The topological polar surface area (TPSA) is 115 Å². The number of fused-ring (bicyclic) bond motifs is 1. The Morgan fingerprint density at radius 1 is 1.30 bits per heavy atom. The standard InChI is InChI=1S/C22H26FN7O3/c1-24-19-10-18(26-17-4-3-7-29(22(17)32)12-8-13(9-12)33-2)28-20-14(11-25-30(19)20)21(31)27-16-6-5-15(16)23/h3-4,7,10-13,15-16,24H,5-6,8-9H2,1-2H3,(H,26,28)(H,27,31)/t12-,13-,15-,16-/m0/s1. The van der Waals surface area contributed by atoms with Crippen molar-refractivity contribution in [2.75, 3.05) is 24.8 Å². The molecule has 0 bridgehead atoms. The number of hydrogen-bond donors (Lipinski definition) is 3. The van der Waals surface area contributed by atoms with Crippen molar-refractivity contribution in [3.63, 3.8) is 0 Å². The molecule has 3 N–H and O–H groups in total. The minimum absolute atomic E-state index is 0.100. The number of aromatic nitrogens is 4. The second-order valence-electron chi connectivity index (χ2n) is 8.49. The summed E-state index contributed by atoms with van der Waals surface area (Å²) in [5.74, 6) is 0.530. The van der Waals surface area contributed by atoms with Crippen LogP contribution >= 0.6 is 0 Å². The van der Waals surface area contributed by atoms with Gasteiger partial charge in [-0.3, -0.25) is 9.59 Å². The smallest absolute Gasteiger partial charge is 0.274 e. The van der Waals surface area contributed by atoms with Crippen LogP contribution in [0.5, 0.6) is 0 Å². The fraction of sp³-hybridized carbons (Fsp3) is 0.455. The zero-order valence-corrected chi connectivity index (χ0v) is 18.4. The first-order chi connectivity index (χ1) is 16.0. The highest BCUT2D eigenvalue weighted by atomic mass is 19.1. The highest BCUT2D eigenvalue weighted by Gasteiger charge is 2.33. The molecule has 3 aromatic heterocycles. The van der Waals surface area contributed by atoms with Crippen molar-refractivity contribution in [1.82, 2.24) is 24.5 Å². The number of halogens is 1. The van der Waals surface area contributed by atoms with E-state index in [1.807, 2.05) is 6.07 Å². The lowest BCUT2D eigenvalue weighted by Crippen LogP contribution is -2.48. The number of nitrogens with zero attached hydrogens (tertiary/aromatic N) is 4. The number of anilines is 3. The maximum absolute atomic E-state index is 13.6. The van der Waals surface area contributed by atoms with Crippen LogP contribution in [0.3, 0.4) is 0 Å². The van der Waals surface area contributed by atoms with E-state index < -0.39 is 18.1 Å². The monoisotopic (exact) mass is 455 g/mol. The van der Waals surface area contributed by atoms with Gasteiger partial charge in [-0.25, -0.2) is 9.37 Å². The van der Waals surface area contributed by atoms with E-state index in [0.717, 1.165) is 12.8 Å². The van der Waals surface area contributed by atoms with Gasteiger partial charge < -0.3 is 25.3 Å². The number of rotatable bonds is 7. The van der Waals surface area contributed by atoms with Crippen molar-refractivity contribution in [2.24, 2.45) is 0 Å². The van der Waals surface area contributed by atoms with E-state index in [2.05, 4.69) is 26.0 Å². The molecule has 0 saturated heterocycles. The molecular formula is C22H26FN7O3. The highest BCUT2D eigenvalue weighted by Crippen LogP contribution is 2.33. The summed E-state index contributed by atoms with van der Waals surface area (Å²) in [6, 6.07) is 4.82. The van der Waals surface area contributed by atoms with E-state index >= 15 is 0 Å². The van der Waals surface area contributed by atoms with Crippen LogP contribution in [-0.4, -0.2) is 57.5 Å². The molecular weight excluding hydrogens is 429 g/mol. The Bertz CT molecular complexity index is 1250. The average Bonchev–Trinajstić information content (AvgIpc) is 3.21. The van der Waals surface area contributed by atoms with E-state index in [-0.39, 0.29) is 23.3 Å². The fourth-order valence-corrected chi connectivity index (χ4v) is 4.22. The van der Waals surface area contributed by atoms with Crippen LogP contribution in [0.25, 0.3) is 5.65 Å². The Morgan fingerprint density at radius 2 is 2.12 bits per heavy atom. The summed E-state index contributed by atoms with van der Waals surface area (Å²) in [6.45, 7) is 0. The van der Waals surface area contributed by atoms with Crippen LogP contribution in [-0.2, 0) is 4.74 Å². The van der Waals surface area contributed by atoms with Crippen molar-refractivity contribution in [1.29, 1.82) is 0 Å². The second kappa shape index (κ2) is 8.47. The van der Waals surface area contributed by atoms with Crippen LogP contribution in [0.2, 0.25) is 0 Å². The third kappa shape index (κ3) is 3.82. The van der Waals surface area contributed by atoms with Gasteiger partial charge in [-0.05, 0) is 37.8 Å². The molecule has 0 unspecified atom stereocenters. The molecule has 1 amide bonds. The van der Waals surface area contributed by atoms with Gasteiger partial charge in [0.25, 0.3) is 11.5 Å². The van der Waals surface area contributed by atoms with E-state index in [9.17, 15) is 14.0 Å². The summed E-state index contributed by atoms with van der Waals surface area (Å²) in [5, 5.41) is 13.1. The summed E-state index contributed by atoms with van der Waals surface area (Å²) in [6.07, 6.45) is 5.00. The SMILES string of the molecule is CNc1cc(Nc2cccn([C@H]3C[C@H](OC)C3)c2=O)nc2c(C(=O)N[C@H]3CC[C@@H]3F)cnn12. The first kappa shape index (κ1) is 21.4. The predicted octanol–water partition coefficient (Wildman–Crippen LogP) is 2.26. The number of carbonyl (C=O) groups excluding carboxylic acids is 1. The molecule has 5 rings (SSSR count). The Labute approximate surface area is 189 Å². The largest absolute Gasteiger partial charge is 0.381 e. The van der Waals surface area contributed by atoms with Gasteiger partial charge in [0.05, 0.1) is 18.3 Å².